The average Bonchev–Trinajstić information content (AvgIpc) is 3.84. The number of para-hydroxylation sites is 2. The van der Waals surface area contributed by atoms with Crippen molar-refractivity contribution in [2.75, 3.05) is 0 Å². The summed E-state index contributed by atoms with van der Waals surface area (Å²) < 4.78 is 93.9. The molecule has 0 amide bonds. The standard InChI is InChI=1S/C61H41F6N3/c1-35-24-36(2)27-43(26-35)40-17-21-55-48(31-40)45-10-5-7-14-53(45)69(55)56-23-19-42(59-51(60(62,63)64)12-9-13-52(59)61(65,66)67)33-50(56)47-20-16-39(34-68)30-58(47)70-54-15-8-6-11-46(54)49-32-41(18-22-57(49)70)44-28-37(3)25-38(4)29-44/h5-33H,1-4H3. The number of aryl methyl sites for hydroxylation is 4. The number of hydrogen-bond donors (Lipinski definition) is 0. The zero-order valence-electron chi connectivity index (χ0n) is 38.4. The summed E-state index contributed by atoms with van der Waals surface area (Å²) in [6.07, 6.45) is -10.2. The van der Waals surface area contributed by atoms with Gasteiger partial charge in [-0.1, -0.05) is 125 Å². The minimum atomic E-state index is -5.12. The zero-order valence-corrected chi connectivity index (χ0v) is 38.4. The van der Waals surface area contributed by atoms with Gasteiger partial charge in [0.1, 0.15) is 0 Å². The molecule has 342 valence electrons. The molecular formula is C61H41F6N3. The van der Waals surface area contributed by atoms with Crippen molar-refractivity contribution in [1.82, 2.24) is 9.13 Å². The molecule has 0 aliphatic heterocycles. The molecule has 2 heterocycles. The van der Waals surface area contributed by atoms with Crippen LogP contribution in [0.25, 0.3) is 99.5 Å². The third kappa shape index (κ3) is 7.48. The number of aromatic nitrogens is 2. The maximum absolute atomic E-state index is 15.0. The van der Waals surface area contributed by atoms with E-state index in [1.54, 1.807) is 24.3 Å². The number of rotatable bonds is 6. The van der Waals surface area contributed by atoms with Crippen LogP contribution in [0, 0.1) is 39.0 Å². The molecule has 9 aromatic carbocycles. The van der Waals surface area contributed by atoms with E-state index in [4.69, 9.17) is 0 Å². The number of benzene rings is 9. The van der Waals surface area contributed by atoms with E-state index in [-0.39, 0.29) is 5.56 Å². The summed E-state index contributed by atoms with van der Waals surface area (Å²) in [4.78, 5) is 0. The molecule has 0 fully saturated rings. The molecule has 3 nitrogen and oxygen atoms in total. The van der Waals surface area contributed by atoms with Crippen molar-refractivity contribution in [2.24, 2.45) is 0 Å². The maximum Gasteiger partial charge on any atom is 0.417 e. The van der Waals surface area contributed by atoms with Gasteiger partial charge < -0.3 is 9.13 Å². The molecule has 0 aliphatic carbocycles. The Morgan fingerprint density at radius 3 is 1.31 bits per heavy atom. The summed E-state index contributed by atoms with van der Waals surface area (Å²) in [5.41, 5.74) is 9.82. The van der Waals surface area contributed by atoms with E-state index in [9.17, 15) is 31.6 Å². The normalized spacial score (nSPS) is 12.1. The average molecular weight is 930 g/mol. The quantitative estimate of drug-likeness (QED) is 0.153. The second kappa shape index (κ2) is 16.4. The zero-order chi connectivity index (χ0) is 48.8. The highest BCUT2D eigenvalue weighted by Gasteiger charge is 2.41. The van der Waals surface area contributed by atoms with Crippen LogP contribution in [0.1, 0.15) is 38.9 Å². The van der Waals surface area contributed by atoms with Gasteiger partial charge in [0.15, 0.2) is 0 Å². The molecule has 0 radical (unpaired) electrons. The maximum atomic E-state index is 15.0. The van der Waals surface area contributed by atoms with Gasteiger partial charge >= 0.3 is 12.4 Å². The monoisotopic (exact) mass is 929 g/mol. The van der Waals surface area contributed by atoms with Crippen LogP contribution in [0.15, 0.2) is 176 Å². The van der Waals surface area contributed by atoms with Gasteiger partial charge in [-0.15, -0.1) is 0 Å². The first-order chi connectivity index (χ1) is 33.5. The molecule has 0 aliphatic rings. The van der Waals surface area contributed by atoms with Gasteiger partial charge in [-0.05, 0) is 128 Å². The van der Waals surface area contributed by atoms with Crippen molar-refractivity contribution in [1.29, 1.82) is 5.26 Å². The lowest BCUT2D eigenvalue weighted by Gasteiger charge is -2.22. The highest BCUT2D eigenvalue weighted by Crippen LogP contribution is 2.48. The lowest BCUT2D eigenvalue weighted by atomic mass is 9.90. The minimum absolute atomic E-state index is 0.271. The van der Waals surface area contributed by atoms with Gasteiger partial charge in [0.25, 0.3) is 0 Å². The van der Waals surface area contributed by atoms with E-state index in [0.717, 1.165) is 94.2 Å². The van der Waals surface area contributed by atoms with Crippen LogP contribution in [0.2, 0.25) is 0 Å². The topological polar surface area (TPSA) is 33.6 Å². The van der Waals surface area contributed by atoms with Gasteiger partial charge in [-0.25, -0.2) is 0 Å². The molecule has 70 heavy (non-hydrogen) atoms. The van der Waals surface area contributed by atoms with Gasteiger partial charge in [0, 0.05) is 38.2 Å². The minimum Gasteiger partial charge on any atom is -0.309 e. The predicted molar refractivity (Wildman–Crippen MR) is 271 cm³/mol. The summed E-state index contributed by atoms with van der Waals surface area (Å²) in [6, 6.07) is 54.8. The van der Waals surface area contributed by atoms with Crippen molar-refractivity contribution in [3.8, 4) is 62.0 Å². The molecule has 0 N–H and O–H groups in total. The number of hydrogen-bond acceptors (Lipinski definition) is 1. The summed E-state index contributed by atoms with van der Waals surface area (Å²) in [5.74, 6) is 0. The largest absolute Gasteiger partial charge is 0.417 e. The fourth-order valence-electron chi connectivity index (χ4n) is 10.6. The smallest absolute Gasteiger partial charge is 0.309 e. The van der Waals surface area contributed by atoms with Crippen LogP contribution in [-0.4, -0.2) is 9.13 Å². The van der Waals surface area contributed by atoms with Crippen molar-refractivity contribution < 1.29 is 26.3 Å². The Hall–Kier alpha value is -8.35. The second-order valence-corrected chi connectivity index (χ2v) is 18.2. The third-order valence-electron chi connectivity index (χ3n) is 13.3. The molecule has 2 aromatic heterocycles. The fraction of sp³-hybridized carbons (Fsp3) is 0.0984. The molecule has 0 saturated carbocycles. The second-order valence-electron chi connectivity index (χ2n) is 18.2. The molecule has 0 saturated heterocycles. The van der Waals surface area contributed by atoms with Gasteiger partial charge in [-0.2, -0.15) is 31.6 Å². The van der Waals surface area contributed by atoms with Gasteiger partial charge in [-0.3, -0.25) is 0 Å². The first-order valence-corrected chi connectivity index (χ1v) is 22.8. The van der Waals surface area contributed by atoms with Crippen LogP contribution >= 0.6 is 0 Å². The van der Waals surface area contributed by atoms with E-state index in [2.05, 4.69) is 82.3 Å². The SMILES string of the molecule is Cc1cc(C)cc(-c2ccc3c(c2)c2ccccc2n3-c2ccc(-c3c(C(F)(F)F)cccc3C(F)(F)F)cc2-c2ccc(C#N)cc2-n2c3ccccc3c3cc(-c4cc(C)cc(C)c4)ccc32)c1. The van der Waals surface area contributed by atoms with Crippen LogP contribution in [0.3, 0.4) is 0 Å². The van der Waals surface area contributed by atoms with E-state index in [1.807, 2.05) is 81.9 Å². The Labute approximate surface area is 399 Å². The molecular weight excluding hydrogens is 889 g/mol. The number of nitriles is 1. The summed E-state index contributed by atoms with van der Waals surface area (Å²) in [5, 5.41) is 14.1. The van der Waals surface area contributed by atoms with E-state index < -0.39 is 29.0 Å². The summed E-state index contributed by atoms with van der Waals surface area (Å²) in [6.45, 7) is 8.22. The lowest BCUT2D eigenvalue weighted by molar-refractivity contribution is -0.142. The molecule has 11 aromatic rings. The lowest BCUT2D eigenvalue weighted by Crippen LogP contribution is -2.14. The van der Waals surface area contributed by atoms with Crippen molar-refractivity contribution >= 4 is 43.6 Å². The molecule has 0 atom stereocenters. The van der Waals surface area contributed by atoms with Crippen molar-refractivity contribution in [3.63, 3.8) is 0 Å². The highest BCUT2D eigenvalue weighted by molar-refractivity contribution is 6.13. The Balaban J connectivity index is 1.24. The Kier molecular flexibility index (Phi) is 10.4. The van der Waals surface area contributed by atoms with E-state index in [1.165, 1.54) is 12.1 Å². The number of nitrogens with zero attached hydrogens (tertiary/aromatic N) is 3. The first-order valence-electron chi connectivity index (χ1n) is 22.8. The molecule has 0 spiro atoms. The Morgan fingerprint density at radius 2 is 0.829 bits per heavy atom. The first kappa shape index (κ1) is 44.2. The van der Waals surface area contributed by atoms with Crippen molar-refractivity contribution in [2.45, 2.75) is 40.0 Å². The van der Waals surface area contributed by atoms with E-state index in [0.29, 0.717) is 40.2 Å². The molecule has 0 bridgehead atoms. The van der Waals surface area contributed by atoms with Gasteiger partial charge in [0.05, 0.1) is 56.2 Å². The van der Waals surface area contributed by atoms with Crippen LogP contribution < -0.4 is 0 Å². The fourth-order valence-corrected chi connectivity index (χ4v) is 10.6. The summed E-state index contributed by atoms with van der Waals surface area (Å²) in [7, 11) is 0. The van der Waals surface area contributed by atoms with Crippen LogP contribution in [0.4, 0.5) is 26.3 Å². The molecule has 0 unspecified atom stereocenters. The number of fused-ring (bicyclic) bond motifs is 6. The molecule has 11 rings (SSSR count). The summed E-state index contributed by atoms with van der Waals surface area (Å²) >= 11 is 0. The van der Waals surface area contributed by atoms with Crippen molar-refractivity contribution in [3.05, 3.63) is 215 Å². The highest BCUT2D eigenvalue weighted by atomic mass is 19.4. The Morgan fingerprint density at radius 1 is 0.371 bits per heavy atom. The predicted octanol–water partition coefficient (Wildman–Crippen LogP) is 17.7. The van der Waals surface area contributed by atoms with Crippen LogP contribution in [0.5, 0.6) is 0 Å². The number of alkyl halides is 6. The molecule has 9 heteroatoms. The van der Waals surface area contributed by atoms with E-state index >= 15 is 0 Å². The third-order valence-corrected chi connectivity index (χ3v) is 13.3. The number of halogens is 6. The van der Waals surface area contributed by atoms with Crippen LogP contribution in [-0.2, 0) is 12.4 Å². The van der Waals surface area contributed by atoms with Gasteiger partial charge in [0.2, 0.25) is 0 Å². The Bertz CT molecular complexity index is 3920.